The van der Waals surface area contributed by atoms with E-state index >= 15 is 0 Å². The third-order valence-electron chi connectivity index (χ3n) is 16.7. The quantitative estimate of drug-likeness (QED) is 0.0129. The van der Waals surface area contributed by atoms with Gasteiger partial charge in [0.25, 0.3) is 0 Å². The first-order chi connectivity index (χ1) is 47.3. The van der Waals surface area contributed by atoms with Crippen LogP contribution >= 0.6 is 29.0 Å². The van der Waals surface area contributed by atoms with Gasteiger partial charge in [-0.25, -0.2) is 0 Å². The number of aliphatic hydroxyl groups excluding tert-OH is 2. The van der Waals surface area contributed by atoms with Crippen molar-refractivity contribution in [2.45, 2.75) is 151 Å². The molecule has 18 nitrogen and oxygen atoms in total. The number of halogens is 1. The molecule has 11 rings (SSSR count). The van der Waals surface area contributed by atoms with Gasteiger partial charge in [-0.1, -0.05) is 158 Å². The summed E-state index contributed by atoms with van der Waals surface area (Å²) in [7, 11) is -0.953. The van der Waals surface area contributed by atoms with E-state index in [0.717, 1.165) is 44.5 Å². The molecule has 21 heteroatoms. The molecule has 95 heavy (non-hydrogen) atoms. The Labute approximate surface area is 571 Å². The molecule has 0 aromatic heterocycles. The molecule has 2 heterocycles. The fourth-order valence-corrected chi connectivity index (χ4v) is 12.6. The van der Waals surface area contributed by atoms with E-state index in [2.05, 4.69) is 31.2 Å². The van der Waals surface area contributed by atoms with Crippen LogP contribution in [0.3, 0.4) is 0 Å². The van der Waals surface area contributed by atoms with Crippen LogP contribution in [0.1, 0.15) is 44.5 Å². The number of hydrogen-bond donors (Lipinski definition) is 2. The van der Waals surface area contributed by atoms with E-state index in [1.54, 1.807) is 0 Å². The Morgan fingerprint density at radius 2 is 0.695 bits per heavy atom. The van der Waals surface area contributed by atoms with E-state index < -0.39 is 106 Å². The van der Waals surface area contributed by atoms with Crippen LogP contribution in [0.2, 0.25) is 0 Å². The maximum absolute atomic E-state index is 12.8. The molecule has 0 amide bonds. The normalized spacial score (nSPS) is 27.2. The van der Waals surface area contributed by atoms with Crippen molar-refractivity contribution in [3.63, 3.8) is 0 Å². The maximum atomic E-state index is 12.8. The summed E-state index contributed by atoms with van der Waals surface area (Å²) in [6.07, 6.45) is -18.7. The first kappa shape index (κ1) is 68.6. The Kier molecular flexibility index (Phi) is 26.6. The number of rotatable bonds is 33. The van der Waals surface area contributed by atoms with Gasteiger partial charge in [0.1, 0.15) is 36.6 Å². The molecule has 8 aromatic rings. The zero-order valence-electron chi connectivity index (χ0n) is 53.3. The predicted molar refractivity (Wildman–Crippen MR) is 368 cm³/mol. The van der Waals surface area contributed by atoms with Crippen molar-refractivity contribution in [1.82, 2.24) is 0 Å². The first-order valence-electron chi connectivity index (χ1n) is 32.3. The van der Waals surface area contributed by atoms with Crippen LogP contribution in [0.25, 0.3) is 10.4 Å². The first-order valence-corrected chi connectivity index (χ1v) is 35.5. The fourth-order valence-electron chi connectivity index (χ4n) is 11.9. The van der Waals surface area contributed by atoms with Gasteiger partial charge in [-0.3, -0.25) is 0 Å². The van der Waals surface area contributed by atoms with Crippen molar-refractivity contribution < 1.29 is 71.2 Å². The second kappa shape index (κ2) is 36.8. The summed E-state index contributed by atoms with van der Waals surface area (Å²) in [5.41, 5.74) is 17.6. The van der Waals surface area contributed by atoms with Gasteiger partial charge in [-0.2, -0.15) is 0 Å². The molecular formula is C74H79BIN3O15S. The number of aliphatic hydroxyl groups is 2. The zero-order chi connectivity index (χ0) is 66.1. The van der Waals surface area contributed by atoms with Crippen molar-refractivity contribution in [2.24, 2.45) is 5.11 Å². The molecule has 0 radical (unpaired) electrons. The third-order valence-corrected chi connectivity index (χ3v) is 17.8. The SMILES string of the molecule is [3H]/B=S(\I)OCC1OC(OC2C(COCc3ccccc3)OC(OC3C(O)C(O)C(OCc4ccccc4)C(OCc4ccccc4)C3OCc3ccccc3)C(N=[N+]=[N-])C2OCc2ccccc2)C(OCc2ccccc2)C(OCc2ccccc2)C1OCc1ccccc1. The molecule has 2 saturated heterocycles. The van der Waals surface area contributed by atoms with Crippen LogP contribution < -0.4 is 0 Å². The molecule has 0 spiro atoms. The minimum absolute atomic E-state index is 0.0216. The molecule has 3 fully saturated rings. The van der Waals surface area contributed by atoms with Crippen LogP contribution in [0.5, 0.6) is 0 Å². The Morgan fingerprint density at radius 3 is 1.09 bits per heavy atom. The average Bonchev–Trinajstić information content (AvgIpc) is 0.769. The van der Waals surface area contributed by atoms with Crippen LogP contribution in [0, 0.1) is 0 Å². The average molecular weight is 1420 g/mol. The Morgan fingerprint density at radius 1 is 0.389 bits per heavy atom. The van der Waals surface area contributed by atoms with Crippen LogP contribution in [0.4, 0.5) is 0 Å². The van der Waals surface area contributed by atoms with Crippen LogP contribution in [-0.2, 0) is 114 Å². The molecule has 2 aliphatic heterocycles. The van der Waals surface area contributed by atoms with Crippen molar-refractivity contribution in [2.75, 3.05) is 13.2 Å². The van der Waals surface area contributed by atoms with E-state index in [-0.39, 0.29) is 66.1 Å². The van der Waals surface area contributed by atoms with Crippen molar-refractivity contribution in [1.29, 1.82) is 1.34 Å². The molecule has 17 atom stereocenters. The summed E-state index contributed by atoms with van der Waals surface area (Å²) in [5.74, 6) is 0. The van der Waals surface area contributed by atoms with Gasteiger partial charge in [-0.05, 0) is 27.8 Å². The van der Waals surface area contributed by atoms with Gasteiger partial charge in [-0.15, -0.1) is 0 Å². The fraction of sp³-hybridized carbons (Fsp3) is 0.351. The van der Waals surface area contributed by atoms with E-state index in [1.807, 2.05) is 243 Å². The molecule has 1 aliphatic carbocycles. The molecule has 2 N–H and O–H groups in total. The summed E-state index contributed by atoms with van der Waals surface area (Å²) in [6, 6.07) is 75.6. The molecule has 1 saturated carbocycles. The van der Waals surface area contributed by atoms with Gasteiger partial charge >= 0.3 is 309 Å². The number of nitrogens with zero attached hydrogens (tertiary/aromatic N) is 3. The Balaban J connectivity index is 1.01. The zero-order valence-corrected chi connectivity index (χ0v) is 55.3. The monoisotopic (exact) mass is 1420 g/mol. The van der Waals surface area contributed by atoms with Gasteiger partial charge in [0.2, 0.25) is 0 Å². The summed E-state index contributed by atoms with van der Waals surface area (Å²) in [6.45, 7) is 1.66. The van der Waals surface area contributed by atoms with Crippen molar-refractivity contribution >= 4 is 35.7 Å². The Hall–Kier alpha value is -6.39. The molecular weight excluding hydrogens is 1340 g/mol. The predicted octanol–water partition coefficient (Wildman–Crippen LogP) is 12.3. The van der Waals surface area contributed by atoms with Gasteiger partial charge in [0.15, 0.2) is 0 Å². The van der Waals surface area contributed by atoms with Crippen molar-refractivity contribution in [3.05, 3.63) is 298 Å². The summed E-state index contributed by atoms with van der Waals surface area (Å²) >= 11 is 2.06. The number of ether oxygens (including phenoxy) is 12. The minimum atomic E-state index is -1.72. The number of benzene rings is 8. The standard InChI is InChI=1S/C74H79BIN3O15S/c75-95(76)90-50-60-64(83-42-52-27-11-2-12-28-52)69(86-45-55-33-17-5-18-34-55)72(89-48-58-39-23-8-24-40-58)74(92-60)93-65-59(49-82-41-51-25-9-1-10-26-51)91-73(61(78-79-77)66(65)84-43-53-29-13-3-14-30-53)94-68-63(81)62(80)67(85-44-54-31-15-4-16-32-54)70(87-46-56-35-19-6-20-36-56)71(68)88-47-57-37-21-7-22-38-57/h1-40,59-75,80-81H,41-50H2/i75T. The molecule has 496 valence electrons. The Bertz CT molecular complexity index is 3600. The van der Waals surface area contributed by atoms with Crippen LogP contribution in [0.15, 0.2) is 248 Å². The molecule has 17 unspecified atom stereocenters. The van der Waals surface area contributed by atoms with Gasteiger partial charge < -0.3 is 24.4 Å². The van der Waals surface area contributed by atoms with Crippen LogP contribution in [-0.4, -0.2) is 129 Å². The van der Waals surface area contributed by atoms with Crippen molar-refractivity contribution in [3.8, 4) is 0 Å². The molecule has 8 aromatic carbocycles. The molecule has 3 aliphatic rings. The van der Waals surface area contributed by atoms with E-state index in [1.165, 1.54) is 6.69 Å². The summed E-state index contributed by atoms with van der Waals surface area (Å²) < 4.78 is 98.9. The third kappa shape index (κ3) is 20.1. The number of azide groups is 1. The van der Waals surface area contributed by atoms with Gasteiger partial charge in [0, 0.05) is 0 Å². The molecule has 0 bridgehead atoms. The topological polar surface area (TPSA) is 209 Å². The number of hydrogen-bond acceptors (Lipinski definition) is 16. The second-order valence-corrected chi connectivity index (χ2v) is 26.7. The second-order valence-electron chi connectivity index (χ2n) is 23.3. The van der Waals surface area contributed by atoms with E-state index in [9.17, 15) is 15.7 Å². The summed E-state index contributed by atoms with van der Waals surface area (Å²) in [5, 5.41) is 29.8. The van der Waals surface area contributed by atoms with E-state index in [0.29, 0.717) is 0 Å². The summed E-state index contributed by atoms with van der Waals surface area (Å²) in [4.78, 5) is 3.43. The van der Waals surface area contributed by atoms with Gasteiger partial charge in [0.05, 0.1) is 19.8 Å². The van der Waals surface area contributed by atoms with E-state index in [4.69, 9.17) is 62.4 Å².